The number of carboxylic acids is 1. The van der Waals surface area contributed by atoms with E-state index in [2.05, 4.69) is 6.58 Å². The number of rotatable bonds is 3. The van der Waals surface area contributed by atoms with Crippen LogP contribution < -0.4 is 10.5 Å². The molecule has 2 aromatic rings. The average Bonchev–Trinajstić information content (AvgIpc) is 2.55. The number of aromatic nitrogens is 1. The number of nitrogens with zero attached hydrogens (tertiary/aromatic N) is 1. The number of hydrogen-bond acceptors (Lipinski definition) is 3. The molecule has 0 bridgehead atoms. The maximum Gasteiger partial charge on any atom is 0.198 e. The van der Waals surface area contributed by atoms with Gasteiger partial charge in [0.25, 0.3) is 0 Å². The number of pyridine rings is 1. The van der Waals surface area contributed by atoms with Crippen molar-refractivity contribution in [2.45, 2.75) is 38.1 Å². The molecule has 0 aliphatic heterocycles. The van der Waals surface area contributed by atoms with Gasteiger partial charge in [0.15, 0.2) is 5.43 Å². The van der Waals surface area contributed by atoms with Crippen LogP contribution in [0.3, 0.4) is 0 Å². The molecular formula is C18H18NO3-. The molecule has 4 heteroatoms. The molecule has 3 rings (SSSR count). The Kier molecular flexibility index (Phi) is 3.84. The monoisotopic (exact) mass is 296 g/mol. The standard InChI is InChI=1S/C18H19NO3/c1-2-12-8-9-14-16(10-12)19(13-6-4-3-5-7-13)11-15(17(14)20)18(21)22/h2,8-11,13H,1,3-7H2,(H,21,22)/p-1. The van der Waals surface area contributed by atoms with Gasteiger partial charge in [0.2, 0.25) is 0 Å². The van der Waals surface area contributed by atoms with Crippen molar-refractivity contribution in [3.05, 3.63) is 52.3 Å². The highest BCUT2D eigenvalue weighted by atomic mass is 16.4. The molecule has 0 saturated heterocycles. The quantitative estimate of drug-likeness (QED) is 0.874. The van der Waals surface area contributed by atoms with Gasteiger partial charge in [0.05, 0.1) is 17.0 Å². The lowest BCUT2D eigenvalue weighted by molar-refractivity contribution is -0.255. The Morgan fingerprint density at radius 2 is 2.00 bits per heavy atom. The summed E-state index contributed by atoms with van der Waals surface area (Å²) in [6, 6.07) is 5.59. The first kappa shape index (κ1) is 14.6. The molecule has 1 saturated carbocycles. The van der Waals surface area contributed by atoms with Gasteiger partial charge in [-0.1, -0.05) is 38.0 Å². The summed E-state index contributed by atoms with van der Waals surface area (Å²) in [7, 11) is 0. The first-order valence-corrected chi connectivity index (χ1v) is 7.64. The van der Waals surface area contributed by atoms with E-state index in [0.717, 1.165) is 36.8 Å². The molecule has 4 nitrogen and oxygen atoms in total. The molecule has 22 heavy (non-hydrogen) atoms. The van der Waals surface area contributed by atoms with Gasteiger partial charge in [0, 0.05) is 17.6 Å². The second-order valence-corrected chi connectivity index (χ2v) is 5.84. The van der Waals surface area contributed by atoms with Crippen molar-refractivity contribution in [3.8, 4) is 0 Å². The van der Waals surface area contributed by atoms with Crippen LogP contribution in [0.5, 0.6) is 0 Å². The van der Waals surface area contributed by atoms with Crippen LogP contribution in [0.15, 0.2) is 35.8 Å². The molecule has 0 amide bonds. The highest BCUT2D eigenvalue weighted by Crippen LogP contribution is 2.30. The highest BCUT2D eigenvalue weighted by Gasteiger charge is 2.19. The van der Waals surface area contributed by atoms with Crippen molar-refractivity contribution in [3.63, 3.8) is 0 Å². The topological polar surface area (TPSA) is 62.1 Å². The van der Waals surface area contributed by atoms with Crippen LogP contribution in [0, 0.1) is 0 Å². The number of carbonyl (C=O) groups is 1. The summed E-state index contributed by atoms with van der Waals surface area (Å²) in [4.78, 5) is 23.6. The molecule has 0 spiro atoms. The SMILES string of the molecule is C=Cc1ccc2c(=O)c(C(=O)[O-])cn(C3CCCCC3)c2c1. The van der Waals surface area contributed by atoms with E-state index in [9.17, 15) is 14.7 Å². The molecule has 1 aromatic heterocycles. The fraction of sp³-hybridized carbons (Fsp3) is 0.333. The normalized spacial score (nSPS) is 15.8. The van der Waals surface area contributed by atoms with Crippen LogP contribution in [-0.2, 0) is 0 Å². The Balaban J connectivity index is 2.30. The minimum Gasteiger partial charge on any atom is -0.545 e. The predicted molar refractivity (Wildman–Crippen MR) is 84.8 cm³/mol. The third-order valence-electron chi connectivity index (χ3n) is 4.48. The molecule has 114 valence electrons. The van der Waals surface area contributed by atoms with Gasteiger partial charge in [-0.15, -0.1) is 0 Å². The lowest BCUT2D eigenvalue weighted by Crippen LogP contribution is -2.31. The summed E-state index contributed by atoms with van der Waals surface area (Å²) in [5, 5.41) is 11.7. The molecule has 0 atom stereocenters. The number of benzene rings is 1. The molecule has 1 aromatic carbocycles. The van der Waals surface area contributed by atoms with E-state index < -0.39 is 11.4 Å². The van der Waals surface area contributed by atoms with E-state index >= 15 is 0 Å². The second-order valence-electron chi connectivity index (χ2n) is 5.84. The molecule has 1 aliphatic rings. The van der Waals surface area contributed by atoms with Crippen molar-refractivity contribution < 1.29 is 9.90 Å². The van der Waals surface area contributed by atoms with Crippen LogP contribution in [0.25, 0.3) is 17.0 Å². The fourth-order valence-corrected chi connectivity index (χ4v) is 3.30. The smallest absolute Gasteiger partial charge is 0.198 e. The van der Waals surface area contributed by atoms with Crippen molar-refractivity contribution in [1.82, 2.24) is 4.57 Å². The molecule has 1 heterocycles. The van der Waals surface area contributed by atoms with Crippen LogP contribution in [0.4, 0.5) is 0 Å². The van der Waals surface area contributed by atoms with E-state index in [0.29, 0.717) is 5.39 Å². The lowest BCUT2D eigenvalue weighted by Gasteiger charge is -2.27. The summed E-state index contributed by atoms with van der Waals surface area (Å²) < 4.78 is 1.95. The Bertz CT molecular complexity index is 798. The molecule has 0 N–H and O–H groups in total. The summed E-state index contributed by atoms with van der Waals surface area (Å²) >= 11 is 0. The minimum absolute atomic E-state index is 0.231. The molecule has 0 unspecified atom stereocenters. The number of aromatic carboxylic acids is 1. The number of hydrogen-bond donors (Lipinski definition) is 0. The third-order valence-corrected chi connectivity index (χ3v) is 4.48. The largest absolute Gasteiger partial charge is 0.545 e. The van der Waals surface area contributed by atoms with Gasteiger partial charge >= 0.3 is 0 Å². The number of carboxylic acid groups (broad SMARTS) is 1. The van der Waals surface area contributed by atoms with E-state index in [1.54, 1.807) is 18.2 Å². The minimum atomic E-state index is -1.41. The van der Waals surface area contributed by atoms with E-state index in [1.807, 2.05) is 10.6 Å². The molecular weight excluding hydrogens is 278 g/mol. The Labute approximate surface area is 128 Å². The Morgan fingerprint density at radius 1 is 1.27 bits per heavy atom. The van der Waals surface area contributed by atoms with Crippen molar-refractivity contribution in [1.29, 1.82) is 0 Å². The van der Waals surface area contributed by atoms with Crippen molar-refractivity contribution in [2.24, 2.45) is 0 Å². The Morgan fingerprint density at radius 3 is 2.64 bits per heavy atom. The molecule has 0 radical (unpaired) electrons. The zero-order valence-electron chi connectivity index (χ0n) is 12.4. The lowest BCUT2D eigenvalue weighted by atomic mass is 9.94. The summed E-state index contributed by atoms with van der Waals surface area (Å²) in [5.74, 6) is -1.41. The average molecular weight is 296 g/mol. The Hall–Kier alpha value is -2.36. The fourth-order valence-electron chi connectivity index (χ4n) is 3.30. The molecule has 1 aliphatic carbocycles. The van der Waals surface area contributed by atoms with Gasteiger partial charge in [-0.05, 0) is 30.5 Å². The van der Waals surface area contributed by atoms with Crippen molar-refractivity contribution >= 4 is 22.9 Å². The second kappa shape index (κ2) is 5.79. The van der Waals surface area contributed by atoms with Crippen LogP contribution in [-0.4, -0.2) is 10.5 Å². The van der Waals surface area contributed by atoms with Gasteiger partial charge < -0.3 is 14.5 Å². The van der Waals surface area contributed by atoms with E-state index in [-0.39, 0.29) is 11.6 Å². The van der Waals surface area contributed by atoms with Gasteiger partial charge in [-0.25, -0.2) is 0 Å². The van der Waals surface area contributed by atoms with E-state index in [1.165, 1.54) is 12.6 Å². The van der Waals surface area contributed by atoms with Gasteiger partial charge in [-0.2, -0.15) is 0 Å². The highest BCUT2D eigenvalue weighted by molar-refractivity contribution is 5.92. The third kappa shape index (κ3) is 2.45. The summed E-state index contributed by atoms with van der Waals surface area (Å²) in [6.07, 6.45) is 8.65. The first-order chi connectivity index (χ1) is 10.6. The molecule has 1 fully saturated rings. The van der Waals surface area contributed by atoms with Crippen molar-refractivity contribution in [2.75, 3.05) is 0 Å². The van der Waals surface area contributed by atoms with Gasteiger partial charge in [0.1, 0.15) is 0 Å². The van der Waals surface area contributed by atoms with Crippen LogP contribution in [0.1, 0.15) is 54.1 Å². The summed E-state index contributed by atoms with van der Waals surface area (Å²) in [5.41, 5.74) is 0.957. The maximum atomic E-state index is 12.3. The van der Waals surface area contributed by atoms with Gasteiger partial charge in [-0.3, -0.25) is 4.79 Å². The van der Waals surface area contributed by atoms with Crippen LogP contribution >= 0.6 is 0 Å². The zero-order chi connectivity index (χ0) is 15.7. The number of carbonyl (C=O) groups excluding carboxylic acids is 1. The maximum absolute atomic E-state index is 12.3. The predicted octanol–water partition coefficient (Wildman–Crippen LogP) is 2.51. The number of fused-ring (bicyclic) bond motifs is 1. The first-order valence-electron chi connectivity index (χ1n) is 7.64. The van der Waals surface area contributed by atoms with Crippen LogP contribution in [0.2, 0.25) is 0 Å². The van der Waals surface area contributed by atoms with E-state index in [4.69, 9.17) is 0 Å². The summed E-state index contributed by atoms with van der Waals surface area (Å²) in [6.45, 7) is 3.76. The zero-order valence-corrected chi connectivity index (χ0v) is 12.4.